The summed E-state index contributed by atoms with van der Waals surface area (Å²) in [7, 11) is 0. The Morgan fingerprint density at radius 1 is 1.08 bits per heavy atom. The number of allylic oxidation sites excluding steroid dienone is 1. The SMILES string of the molecule is CC1(C)CC(=O)C2=C(C1)Nc1ccccc1N(CC(=O)NC1CCCCC1)C2c1ccc(Cl)cc1Cl. The van der Waals surface area contributed by atoms with Gasteiger partial charge in [0.05, 0.1) is 24.0 Å². The van der Waals surface area contributed by atoms with Crippen LogP contribution in [-0.2, 0) is 9.59 Å². The molecule has 0 bridgehead atoms. The zero-order valence-corrected chi connectivity index (χ0v) is 22.4. The molecule has 7 heteroatoms. The van der Waals surface area contributed by atoms with Crippen molar-refractivity contribution < 1.29 is 9.59 Å². The molecule has 36 heavy (non-hydrogen) atoms. The van der Waals surface area contributed by atoms with Crippen LogP contribution in [0.4, 0.5) is 11.4 Å². The lowest BCUT2D eigenvalue weighted by Gasteiger charge is -2.38. The third kappa shape index (κ3) is 5.14. The van der Waals surface area contributed by atoms with Gasteiger partial charge in [0.2, 0.25) is 5.91 Å². The maximum atomic E-state index is 13.8. The predicted octanol–water partition coefficient (Wildman–Crippen LogP) is 7.06. The number of rotatable bonds is 4. The minimum Gasteiger partial charge on any atom is -0.357 e. The Morgan fingerprint density at radius 2 is 1.83 bits per heavy atom. The number of nitrogens with zero attached hydrogens (tertiary/aromatic N) is 1. The molecule has 5 rings (SSSR count). The van der Waals surface area contributed by atoms with Gasteiger partial charge in [-0.25, -0.2) is 0 Å². The average molecular weight is 527 g/mol. The lowest BCUT2D eigenvalue weighted by atomic mass is 9.73. The standard InChI is InChI=1S/C29H33Cl2N3O2/c1-29(2)15-23-27(25(35)16-29)28(20-13-12-18(30)14-21(20)31)34(24-11-7-6-10-22(24)33-23)17-26(36)32-19-8-4-3-5-9-19/h6-7,10-14,19,28,33H,3-5,8-9,15-17H2,1-2H3,(H,32,36). The van der Waals surface area contributed by atoms with Crippen molar-refractivity contribution in [2.45, 2.75) is 70.9 Å². The number of ketones is 1. The van der Waals surface area contributed by atoms with Crippen LogP contribution in [0, 0.1) is 5.41 Å². The number of carbonyl (C=O) groups is 2. The summed E-state index contributed by atoms with van der Waals surface area (Å²) in [5, 5.41) is 7.84. The Morgan fingerprint density at radius 3 is 2.58 bits per heavy atom. The van der Waals surface area contributed by atoms with Crippen molar-refractivity contribution >= 4 is 46.3 Å². The molecule has 5 nitrogen and oxygen atoms in total. The summed E-state index contributed by atoms with van der Waals surface area (Å²) in [4.78, 5) is 29.2. The first-order chi connectivity index (χ1) is 17.2. The number of benzene rings is 2. The summed E-state index contributed by atoms with van der Waals surface area (Å²) in [5.74, 6) is 0.0367. The molecule has 2 aliphatic carbocycles. The first-order valence-corrected chi connectivity index (χ1v) is 13.6. The normalized spacial score (nSPS) is 21.8. The van der Waals surface area contributed by atoms with Gasteiger partial charge in [-0.15, -0.1) is 0 Å². The molecule has 190 valence electrons. The number of amides is 1. The van der Waals surface area contributed by atoms with Crippen LogP contribution in [0.15, 0.2) is 53.7 Å². The average Bonchev–Trinajstić information content (AvgIpc) is 2.94. The Hall–Kier alpha value is -2.50. The van der Waals surface area contributed by atoms with E-state index in [1.54, 1.807) is 12.1 Å². The van der Waals surface area contributed by atoms with E-state index >= 15 is 0 Å². The van der Waals surface area contributed by atoms with Crippen LogP contribution in [0.25, 0.3) is 0 Å². The highest BCUT2D eigenvalue weighted by molar-refractivity contribution is 6.35. The Balaban J connectivity index is 1.63. The molecule has 1 heterocycles. The van der Waals surface area contributed by atoms with E-state index in [-0.39, 0.29) is 29.7 Å². The summed E-state index contributed by atoms with van der Waals surface area (Å²) in [6.07, 6.45) is 6.71. The van der Waals surface area contributed by atoms with Crippen molar-refractivity contribution in [3.63, 3.8) is 0 Å². The molecule has 1 fully saturated rings. The van der Waals surface area contributed by atoms with Gasteiger partial charge in [-0.3, -0.25) is 9.59 Å². The first-order valence-electron chi connectivity index (χ1n) is 12.8. The number of fused-ring (bicyclic) bond motifs is 1. The molecular formula is C29H33Cl2N3O2. The summed E-state index contributed by atoms with van der Waals surface area (Å²) in [5.41, 5.74) is 3.93. The highest BCUT2D eigenvalue weighted by atomic mass is 35.5. The number of hydrogen-bond donors (Lipinski definition) is 2. The molecule has 0 spiro atoms. The molecule has 0 saturated heterocycles. The summed E-state index contributed by atoms with van der Waals surface area (Å²) in [6.45, 7) is 4.35. The molecular weight excluding hydrogens is 493 g/mol. The number of Topliss-reactive ketones (excluding diaryl/α,β-unsaturated/α-hetero) is 1. The van der Waals surface area contributed by atoms with E-state index in [2.05, 4.69) is 24.5 Å². The van der Waals surface area contributed by atoms with E-state index in [0.717, 1.165) is 54.7 Å². The first kappa shape index (κ1) is 25.2. The Bertz CT molecular complexity index is 1220. The van der Waals surface area contributed by atoms with E-state index in [9.17, 15) is 9.59 Å². The van der Waals surface area contributed by atoms with Gasteiger partial charge in [-0.2, -0.15) is 0 Å². The van der Waals surface area contributed by atoms with Crippen molar-refractivity contribution in [3.8, 4) is 0 Å². The Labute approximate surface area is 223 Å². The van der Waals surface area contributed by atoms with Crippen LogP contribution in [-0.4, -0.2) is 24.3 Å². The van der Waals surface area contributed by atoms with Crippen molar-refractivity contribution in [2.75, 3.05) is 16.8 Å². The largest absolute Gasteiger partial charge is 0.357 e. The van der Waals surface area contributed by atoms with Crippen molar-refractivity contribution in [1.29, 1.82) is 0 Å². The second-order valence-electron chi connectivity index (χ2n) is 11.1. The molecule has 2 aromatic carbocycles. The number of nitrogens with one attached hydrogen (secondary N) is 2. The summed E-state index contributed by atoms with van der Waals surface area (Å²) < 4.78 is 0. The molecule has 1 atom stereocenters. The monoisotopic (exact) mass is 525 g/mol. The van der Waals surface area contributed by atoms with Gasteiger partial charge >= 0.3 is 0 Å². The van der Waals surface area contributed by atoms with E-state index in [1.165, 1.54) is 6.42 Å². The lowest BCUT2D eigenvalue weighted by molar-refractivity contribution is -0.121. The van der Waals surface area contributed by atoms with Gasteiger partial charge in [-0.05, 0) is 54.5 Å². The fraction of sp³-hybridized carbons (Fsp3) is 0.448. The highest BCUT2D eigenvalue weighted by Gasteiger charge is 2.42. The second kappa shape index (κ2) is 10.1. The number of para-hydroxylation sites is 2. The fourth-order valence-electron chi connectivity index (χ4n) is 5.95. The van der Waals surface area contributed by atoms with Crippen LogP contribution >= 0.6 is 23.2 Å². The van der Waals surface area contributed by atoms with E-state index < -0.39 is 6.04 Å². The van der Waals surface area contributed by atoms with Crippen molar-refractivity contribution in [2.24, 2.45) is 5.41 Å². The lowest BCUT2D eigenvalue weighted by Crippen LogP contribution is -2.45. The van der Waals surface area contributed by atoms with Gasteiger partial charge in [0.15, 0.2) is 5.78 Å². The number of anilines is 2. The van der Waals surface area contributed by atoms with Crippen LogP contribution in [0.2, 0.25) is 10.0 Å². The summed E-state index contributed by atoms with van der Waals surface area (Å²) in [6, 6.07) is 13.0. The third-order valence-electron chi connectivity index (χ3n) is 7.55. The van der Waals surface area contributed by atoms with E-state index in [1.807, 2.05) is 35.2 Å². The molecule has 1 saturated carbocycles. The summed E-state index contributed by atoms with van der Waals surface area (Å²) >= 11 is 13.0. The fourth-order valence-corrected chi connectivity index (χ4v) is 6.46. The molecule has 2 aromatic rings. The predicted molar refractivity (Wildman–Crippen MR) is 147 cm³/mol. The van der Waals surface area contributed by atoms with Crippen molar-refractivity contribution in [3.05, 3.63) is 69.3 Å². The second-order valence-corrected chi connectivity index (χ2v) is 11.9. The van der Waals surface area contributed by atoms with Crippen LogP contribution in [0.3, 0.4) is 0 Å². The molecule has 1 amide bonds. The maximum Gasteiger partial charge on any atom is 0.239 e. The number of carbonyl (C=O) groups excluding carboxylic acids is 2. The van der Waals surface area contributed by atoms with Gasteiger partial charge in [-0.1, -0.05) is 74.5 Å². The molecule has 0 radical (unpaired) electrons. The molecule has 2 N–H and O–H groups in total. The minimum absolute atomic E-state index is 0.0422. The molecule has 1 aliphatic heterocycles. The quantitative estimate of drug-likeness (QED) is 0.448. The maximum absolute atomic E-state index is 13.8. The molecule has 1 unspecified atom stereocenters. The topological polar surface area (TPSA) is 61.4 Å². The number of halogens is 2. The Kier molecular flexibility index (Phi) is 7.06. The van der Waals surface area contributed by atoms with E-state index in [0.29, 0.717) is 22.0 Å². The zero-order chi connectivity index (χ0) is 25.4. The van der Waals surface area contributed by atoms with Crippen LogP contribution < -0.4 is 15.5 Å². The third-order valence-corrected chi connectivity index (χ3v) is 8.11. The van der Waals surface area contributed by atoms with Gasteiger partial charge in [0.25, 0.3) is 0 Å². The minimum atomic E-state index is -0.512. The highest BCUT2D eigenvalue weighted by Crippen LogP contribution is 2.49. The molecule has 0 aromatic heterocycles. The van der Waals surface area contributed by atoms with Crippen LogP contribution in [0.1, 0.15) is 70.4 Å². The van der Waals surface area contributed by atoms with Crippen molar-refractivity contribution in [1.82, 2.24) is 5.32 Å². The van der Waals surface area contributed by atoms with Gasteiger partial charge < -0.3 is 15.5 Å². The molecule has 3 aliphatic rings. The smallest absolute Gasteiger partial charge is 0.239 e. The zero-order valence-electron chi connectivity index (χ0n) is 20.9. The van der Waals surface area contributed by atoms with Crippen LogP contribution in [0.5, 0.6) is 0 Å². The van der Waals surface area contributed by atoms with Gasteiger partial charge in [0.1, 0.15) is 0 Å². The number of hydrogen-bond acceptors (Lipinski definition) is 4. The van der Waals surface area contributed by atoms with Gasteiger partial charge in [0, 0.05) is 33.8 Å². The van der Waals surface area contributed by atoms with E-state index in [4.69, 9.17) is 23.2 Å².